The summed E-state index contributed by atoms with van der Waals surface area (Å²) in [5.74, 6) is -0.865. The molecule has 1 aliphatic rings. The maximum Gasteiger partial charge on any atom is 0.308 e. The van der Waals surface area contributed by atoms with Gasteiger partial charge in [0.05, 0.1) is 18.2 Å². The SMILES string of the molecule is CCOc1cccn2c(C(=O)N3CCCC(C(=O)O)C3)c(CC)nc12. The molecular formula is C18H23N3O4. The van der Waals surface area contributed by atoms with E-state index in [-0.39, 0.29) is 12.5 Å². The second-order valence-corrected chi connectivity index (χ2v) is 6.19. The van der Waals surface area contributed by atoms with Crippen LogP contribution in [0.2, 0.25) is 0 Å². The van der Waals surface area contributed by atoms with Gasteiger partial charge in [-0.25, -0.2) is 4.98 Å². The Morgan fingerprint density at radius 2 is 2.20 bits per heavy atom. The molecule has 1 atom stereocenters. The van der Waals surface area contributed by atoms with Crippen molar-refractivity contribution in [2.45, 2.75) is 33.1 Å². The highest BCUT2D eigenvalue weighted by molar-refractivity contribution is 5.95. The molecular weight excluding hydrogens is 322 g/mol. The Labute approximate surface area is 146 Å². The maximum absolute atomic E-state index is 13.1. The number of hydrogen-bond acceptors (Lipinski definition) is 4. The number of amides is 1. The lowest BCUT2D eigenvalue weighted by molar-refractivity contribution is -0.143. The topological polar surface area (TPSA) is 84.1 Å². The Hall–Kier alpha value is -2.57. The average molecular weight is 345 g/mol. The first kappa shape index (κ1) is 17.3. The first-order valence-electron chi connectivity index (χ1n) is 8.71. The number of pyridine rings is 1. The summed E-state index contributed by atoms with van der Waals surface area (Å²) in [7, 11) is 0. The molecule has 2 aromatic heterocycles. The van der Waals surface area contributed by atoms with Crippen LogP contribution in [0.4, 0.5) is 0 Å². The van der Waals surface area contributed by atoms with E-state index in [0.717, 1.165) is 0 Å². The zero-order valence-corrected chi connectivity index (χ0v) is 14.6. The minimum absolute atomic E-state index is 0.163. The van der Waals surface area contributed by atoms with E-state index in [1.165, 1.54) is 0 Å². The second kappa shape index (κ2) is 7.13. The highest BCUT2D eigenvalue weighted by atomic mass is 16.5. The van der Waals surface area contributed by atoms with Crippen LogP contribution in [0.1, 0.15) is 42.9 Å². The number of fused-ring (bicyclic) bond motifs is 1. The van der Waals surface area contributed by atoms with E-state index in [1.54, 1.807) is 15.5 Å². The molecule has 134 valence electrons. The van der Waals surface area contributed by atoms with Crippen molar-refractivity contribution >= 4 is 17.5 Å². The van der Waals surface area contributed by atoms with Crippen LogP contribution in [0.15, 0.2) is 18.3 Å². The van der Waals surface area contributed by atoms with E-state index in [1.807, 2.05) is 26.0 Å². The molecule has 0 aromatic carbocycles. The number of carbonyl (C=O) groups is 2. The number of rotatable bonds is 5. The monoisotopic (exact) mass is 345 g/mol. The predicted molar refractivity (Wildman–Crippen MR) is 92.0 cm³/mol. The van der Waals surface area contributed by atoms with Gasteiger partial charge in [0.2, 0.25) is 0 Å². The number of aliphatic carboxylic acids is 1. The van der Waals surface area contributed by atoms with Crippen molar-refractivity contribution in [2.24, 2.45) is 5.92 Å². The summed E-state index contributed by atoms with van der Waals surface area (Å²) in [5.41, 5.74) is 1.83. The van der Waals surface area contributed by atoms with Crippen molar-refractivity contribution in [1.29, 1.82) is 0 Å². The van der Waals surface area contributed by atoms with Gasteiger partial charge in [0.15, 0.2) is 11.4 Å². The Morgan fingerprint density at radius 1 is 1.40 bits per heavy atom. The number of aromatic nitrogens is 2. The molecule has 1 N–H and O–H groups in total. The molecule has 7 heteroatoms. The van der Waals surface area contributed by atoms with Crippen molar-refractivity contribution in [3.63, 3.8) is 0 Å². The molecule has 7 nitrogen and oxygen atoms in total. The number of carbonyl (C=O) groups excluding carboxylic acids is 1. The average Bonchev–Trinajstić information content (AvgIpc) is 3.01. The van der Waals surface area contributed by atoms with Crippen molar-refractivity contribution in [1.82, 2.24) is 14.3 Å². The molecule has 2 aromatic rings. The Bertz CT molecular complexity index is 799. The molecule has 3 rings (SSSR count). The number of piperidine rings is 1. The van der Waals surface area contributed by atoms with E-state index in [9.17, 15) is 14.7 Å². The maximum atomic E-state index is 13.1. The molecule has 0 bridgehead atoms. The van der Waals surface area contributed by atoms with Crippen LogP contribution in [0.3, 0.4) is 0 Å². The third-order valence-electron chi connectivity index (χ3n) is 4.58. The van der Waals surface area contributed by atoms with Crippen LogP contribution >= 0.6 is 0 Å². The molecule has 1 unspecified atom stereocenters. The van der Waals surface area contributed by atoms with Crippen molar-refractivity contribution < 1.29 is 19.4 Å². The molecule has 0 radical (unpaired) electrons. The molecule has 0 saturated carbocycles. The van der Waals surface area contributed by atoms with Gasteiger partial charge in [0, 0.05) is 19.3 Å². The summed E-state index contributed by atoms with van der Waals surface area (Å²) in [6.45, 7) is 5.19. The van der Waals surface area contributed by atoms with Gasteiger partial charge < -0.3 is 14.7 Å². The van der Waals surface area contributed by atoms with Crippen LogP contribution in [0.5, 0.6) is 5.75 Å². The first-order chi connectivity index (χ1) is 12.1. The number of nitrogens with zero attached hydrogens (tertiary/aromatic N) is 3. The summed E-state index contributed by atoms with van der Waals surface area (Å²) in [5, 5.41) is 9.26. The number of likely N-dealkylation sites (tertiary alicyclic amines) is 1. The molecule has 3 heterocycles. The normalized spacial score (nSPS) is 17.7. The van der Waals surface area contributed by atoms with Crippen molar-refractivity contribution in [3.8, 4) is 5.75 Å². The molecule has 1 amide bonds. The summed E-state index contributed by atoms with van der Waals surface area (Å²) >= 11 is 0. The lowest BCUT2D eigenvalue weighted by Crippen LogP contribution is -2.43. The lowest BCUT2D eigenvalue weighted by Gasteiger charge is -2.30. The smallest absolute Gasteiger partial charge is 0.308 e. The van der Waals surface area contributed by atoms with Gasteiger partial charge >= 0.3 is 5.97 Å². The van der Waals surface area contributed by atoms with Gasteiger partial charge in [0.1, 0.15) is 5.69 Å². The van der Waals surface area contributed by atoms with Crippen LogP contribution in [-0.4, -0.2) is 51.0 Å². The molecule has 25 heavy (non-hydrogen) atoms. The van der Waals surface area contributed by atoms with E-state index in [0.29, 0.717) is 55.2 Å². The van der Waals surface area contributed by atoms with Gasteiger partial charge in [-0.2, -0.15) is 0 Å². The van der Waals surface area contributed by atoms with E-state index in [2.05, 4.69) is 4.98 Å². The number of imidazole rings is 1. The summed E-state index contributed by atoms with van der Waals surface area (Å²) < 4.78 is 7.38. The summed E-state index contributed by atoms with van der Waals surface area (Å²) in [4.78, 5) is 30.6. The molecule has 0 spiro atoms. The Balaban J connectivity index is 2.00. The van der Waals surface area contributed by atoms with Gasteiger partial charge in [-0.15, -0.1) is 0 Å². The summed E-state index contributed by atoms with van der Waals surface area (Å²) in [6.07, 6.45) is 3.73. The van der Waals surface area contributed by atoms with Gasteiger partial charge in [-0.05, 0) is 38.3 Å². The number of hydrogen-bond donors (Lipinski definition) is 1. The third kappa shape index (κ3) is 3.18. The van der Waals surface area contributed by atoms with E-state index < -0.39 is 11.9 Å². The lowest BCUT2D eigenvalue weighted by atomic mass is 9.98. The fourth-order valence-electron chi connectivity index (χ4n) is 3.34. The third-order valence-corrected chi connectivity index (χ3v) is 4.58. The zero-order valence-electron chi connectivity index (χ0n) is 14.6. The second-order valence-electron chi connectivity index (χ2n) is 6.19. The fraction of sp³-hybridized carbons (Fsp3) is 0.500. The van der Waals surface area contributed by atoms with E-state index in [4.69, 9.17) is 4.74 Å². The minimum Gasteiger partial charge on any atom is -0.490 e. The standard InChI is InChI=1S/C18H23N3O4/c1-3-13-15(17(22)20-9-5-7-12(11-20)18(23)24)21-10-6-8-14(25-4-2)16(21)19-13/h6,8,10,12H,3-5,7,9,11H2,1-2H3,(H,23,24). The fourth-order valence-corrected chi connectivity index (χ4v) is 3.34. The number of aryl methyl sites for hydroxylation is 1. The van der Waals surface area contributed by atoms with Gasteiger partial charge in [0.25, 0.3) is 5.91 Å². The number of ether oxygens (including phenoxy) is 1. The number of carboxylic acid groups (broad SMARTS) is 1. The number of carboxylic acids is 1. The quantitative estimate of drug-likeness (QED) is 0.898. The predicted octanol–water partition coefficient (Wildman–Crippen LogP) is 2.23. The first-order valence-corrected chi connectivity index (χ1v) is 8.71. The molecule has 1 aliphatic heterocycles. The molecule has 1 fully saturated rings. The molecule has 0 aliphatic carbocycles. The summed E-state index contributed by atoms with van der Waals surface area (Å²) in [6, 6.07) is 3.66. The minimum atomic E-state index is -0.843. The van der Waals surface area contributed by atoms with Crippen LogP contribution in [0.25, 0.3) is 5.65 Å². The van der Waals surface area contributed by atoms with Gasteiger partial charge in [-0.3, -0.25) is 14.0 Å². The van der Waals surface area contributed by atoms with E-state index >= 15 is 0 Å². The Kier molecular flexibility index (Phi) is 4.92. The van der Waals surface area contributed by atoms with Crippen LogP contribution < -0.4 is 4.74 Å². The largest absolute Gasteiger partial charge is 0.490 e. The van der Waals surface area contributed by atoms with Gasteiger partial charge in [-0.1, -0.05) is 6.92 Å². The van der Waals surface area contributed by atoms with Crippen LogP contribution in [-0.2, 0) is 11.2 Å². The van der Waals surface area contributed by atoms with Crippen molar-refractivity contribution in [3.05, 3.63) is 29.7 Å². The Morgan fingerprint density at radius 3 is 2.88 bits per heavy atom. The molecule has 1 saturated heterocycles. The highest BCUT2D eigenvalue weighted by Gasteiger charge is 2.31. The van der Waals surface area contributed by atoms with Crippen molar-refractivity contribution in [2.75, 3.05) is 19.7 Å². The highest BCUT2D eigenvalue weighted by Crippen LogP contribution is 2.25. The van der Waals surface area contributed by atoms with Crippen LogP contribution in [0, 0.1) is 5.92 Å². The zero-order chi connectivity index (χ0) is 18.0.